The van der Waals surface area contributed by atoms with Crippen LogP contribution in [0.2, 0.25) is 0 Å². The van der Waals surface area contributed by atoms with Gasteiger partial charge < -0.3 is 5.32 Å². The van der Waals surface area contributed by atoms with Crippen LogP contribution in [0.4, 0.5) is 16.2 Å². The topological polar surface area (TPSA) is 75.9 Å². The van der Waals surface area contributed by atoms with E-state index in [-0.39, 0.29) is 17.8 Å². The summed E-state index contributed by atoms with van der Waals surface area (Å²) < 4.78 is 13.7. The maximum atomic E-state index is 13.7. The predicted molar refractivity (Wildman–Crippen MR) is 73.4 cm³/mol. The fourth-order valence-electron chi connectivity index (χ4n) is 2.34. The summed E-state index contributed by atoms with van der Waals surface area (Å²) in [6.45, 7) is 0. The smallest absolute Gasteiger partial charge is 0.239 e. The van der Waals surface area contributed by atoms with Crippen molar-refractivity contribution in [3.05, 3.63) is 33.9 Å². The van der Waals surface area contributed by atoms with Gasteiger partial charge in [0, 0.05) is 4.88 Å². The number of nitrogens with two attached hydrogens (primary N) is 1. The van der Waals surface area contributed by atoms with Crippen molar-refractivity contribution in [1.82, 2.24) is 9.97 Å². The Morgan fingerprint density at radius 3 is 3.21 bits per heavy atom. The average Bonchev–Trinajstić information content (AvgIpc) is 2.90. The van der Waals surface area contributed by atoms with Crippen molar-refractivity contribution in [3.8, 4) is 0 Å². The van der Waals surface area contributed by atoms with E-state index in [1.807, 2.05) is 0 Å². The normalized spacial score (nSPS) is 17.9. The number of hydrogen-bond acceptors (Lipinski definition) is 6. The highest BCUT2D eigenvalue weighted by molar-refractivity contribution is 7.10. The molecule has 0 fully saturated rings. The summed E-state index contributed by atoms with van der Waals surface area (Å²) in [6, 6.07) is 2.20. The van der Waals surface area contributed by atoms with Crippen molar-refractivity contribution in [2.45, 2.75) is 25.3 Å². The van der Waals surface area contributed by atoms with Gasteiger partial charge in [-0.3, -0.25) is 5.43 Å². The number of halogens is 1. The molecule has 2 aromatic heterocycles. The number of nitrogens with zero attached hydrogens (tertiary/aromatic N) is 2. The number of hydrazine groups is 1. The molecule has 0 amide bonds. The lowest BCUT2D eigenvalue weighted by atomic mass is 9.94. The number of hydrogen-bond donors (Lipinski definition) is 3. The van der Waals surface area contributed by atoms with E-state index in [0.717, 1.165) is 25.5 Å². The van der Waals surface area contributed by atoms with Gasteiger partial charge in [0.05, 0.1) is 12.2 Å². The summed E-state index contributed by atoms with van der Waals surface area (Å²) in [5.74, 6) is 5.15. The number of fused-ring (bicyclic) bond motifs is 1. The van der Waals surface area contributed by atoms with Crippen LogP contribution in [-0.2, 0) is 6.42 Å². The molecule has 2 heterocycles. The highest BCUT2D eigenvalue weighted by Gasteiger charge is 2.22. The maximum Gasteiger partial charge on any atom is 0.239 e. The predicted octanol–water partition coefficient (Wildman–Crippen LogP) is 2.45. The summed E-state index contributed by atoms with van der Waals surface area (Å²) in [7, 11) is 0. The van der Waals surface area contributed by atoms with Gasteiger partial charge in [0.25, 0.3) is 0 Å². The number of thiophene rings is 1. The summed E-state index contributed by atoms with van der Waals surface area (Å²) in [6.07, 6.45) is 4.29. The lowest BCUT2D eigenvalue weighted by molar-refractivity contribution is 0.584. The third-order valence-corrected chi connectivity index (χ3v) is 4.23. The monoisotopic (exact) mass is 279 g/mol. The second kappa shape index (κ2) is 5.10. The van der Waals surface area contributed by atoms with Gasteiger partial charge in [0.2, 0.25) is 5.95 Å². The minimum absolute atomic E-state index is 0.102. The fourth-order valence-corrected chi connectivity index (χ4v) is 3.33. The fraction of sp³-hybridized carbons (Fsp3) is 0.333. The van der Waals surface area contributed by atoms with Crippen molar-refractivity contribution >= 4 is 23.1 Å². The highest BCUT2D eigenvalue weighted by Crippen LogP contribution is 2.35. The summed E-state index contributed by atoms with van der Waals surface area (Å²) in [5, 5.41) is 5.23. The summed E-state index contributed by atoms with van der Waals surface area (Å²) >= 11 is 1.75. The number of rotatable bonds is 3. The van der Waals surface area contributed by atoms with Gasteiger partial charge in [0.1, 0.15) is 0 Å². The van der Waals surface area contributed by atoms with Crippen LogP contribution in [0.3, 0.4) is 0 Å². The molecule has 1 unspecified atom stereocenters. The molecule has 0 saturated carbocycles. The Labute approximate surface area is 114 Å². The second-order valence-electron chi connectivity index (χ2n) is 4.42. The number of nitrogen functional groups attached to an aromatic ring is 1. The van der Waals surface area contributed by atoms with Gasteiger partial charge in [-0.05, 0) is 36.3 Å². The first kappa shape index (κ1) is 12.3. The van der Waals surface area contributed by atoms with Crippen LogP contribution in [0, 0.1) is 5.82 Å². The van der Waals surface area contributed by atoms with Gasteiger partial charge in [-0.15, -0.1) is 11.3 Å². The Balaban J connectivity index is 1.87. The Morgan fingerprint density at radius 1 is 1.47 bits per heavy atom. The van der Waals surface area contributed by atoms with Gasteiger partial charge in [-0.25, -0.2) is 15.2 Å². The van der Waals surface area contributed by atoms with Crippen LogP contribution in [0.15, 0.2) is 17.6 Å². The molecule has 0 radical (unpaired) electrons. The van der Waals surface area contributed by atoms with Crippen LogP contribution in [0.5, 0.6) is 0 Å². The van der Waals surface area contributed by atoms with E-state index in [1.165, 1.54) is 10.4 Å². The van der Waals surface area contributed by atoms with E-state index >= 15 is 0 Å². The molecule has 4 N–H and O–H groups in total. The van der Waals surface area contributed by atoms with E-state index < -0.39 is 5.82 Å². The standard InChI is InChI=1S/C12H14FN5S/c13-8-6-15-12(18-14)17-11(8)16-9-2-1-3-10-7(9)4-5-19-10/h4-6,9H,1-3,14H2,(H2,15,16,17,18). The van der Waals surface area contributed by atoms with Gasteiger partial charge in [-0.1, -0.05) is 0 Å². The molecule has 0 aromatic carbocycles. The molecule has 1 atom stereocenters. The summed E-state index contributed by atoms with van der Waals surface area (Å²) in [4.78, 5) is 9.11. The first-order valence-electron chi connectivity index (χ1n) is 6.10. The van der Waals surface area contributed by atoms with E-state index in [2.05, 4.69) is 32.2 Å². The minimum atomic E-state index is -0.471. The molecule has 7 heteroatoms. The lowest BCUT2D eigenvalue weighted by Crippen LogP contribution is -2.18. The number of aromatic nitrogens is 2. The third-order valence-electron chi connectivity index (χ3n) is 3.24. The average molecular weight is 279 g/mol. The second-order valence-corrected chi connectivity index (χ2v) is 5.42. The molecule has 1 aliphatic rings. The van der Waals surface area contributed by atoms with E-state index in [0.29, 0.717) is 0 Å². The first-order chi connectivity index (χ1) is 9.28. The lowest BCUT2D eigenvalue weighted by Gasteiger charge is -2.24. The van der Waals surface area contributed by atoms with Crippen LogP contribution < -0.4 is 16.6 Å². The number of anilines is 2. The van der Waals surface area contributed by atoms with Crippen molar-refractivity contribution in [2.75, 3.05) is 10.7 Å². The molecule has 2 aromatic rings. The summed E-state index contributed by atoms with van der Waals surface area (Å²) in [5.41, 5.74) is 3.57. The molecule has 3 rings (SSSR count). The van der Waals surface area contributed by atoms with Gasteiger partial charge >= 0.3 is 0 Å². The van der Waals surface area contributed by atoms with Crippen molar-refractivity contribution in [3.63, 3.8) is 0 Å². The molecular weight excluding hydrogens is 265 g/mol. The molecule has 0 bridgehead atoms. The number of nitrogens with one attached hydrogen (secondary N) is 2. The Bertz CT molecular complexity index is 585. The van der Waals surface area contributed by atoms with Crippen LogP contribution in [0.1, 0.15) is 29.3 Å². The number of aryl methyl sites for hydroxylation is 1. The molecule has 19 heavy (non-hydrogen) atoms. The third kappa shape index (κ3) is 2.39. The Kier molecular flexibility index (Phi) is 3.31. The van der Waals surface area contributed by atoms with Gasteiger partial charge in [0.15, 0.2) is 11.6 Å². The zero-order chi connectivity index (χ0) is 13.2. The molecular formula is C12H14FN5S. The SMILES string of the molecule is NNc1ncc(F)c(NC2CCCc3sccc32)n1. The molecule has 1 aliphatic carbocycles. The highest BCUT2D eigenvalue weighted by atomic mass is 32.1. The molecule has 0 spiro atoms. The largest absolute Gasteiger partial charge is 0.361 e. The first-order valence-corrected chi connectivity index (χ1v) is 6.98. The van der Waals surface area contributed by atoms with Crippen LogP contribution >= 0.6 is 11.3 Å². The molecule has 100 valence electrons. The van der Waals surface area contributed by atoms with E-state index in [9.17, 15) is 4.39 Å². The van der Waals surface area contributed by atoms with Gasteiger partial charge in [-0.2, -0.15) is 4.98 Å². The molecule has 5 nitrogen and oxygen atoms in total. The molecule has 0 saturated heterocycles. The quantitative estimate of drug-likeness (QED) is 0.594. The van der Waals surface area contributed by atoms with Crippen molar-refractivity contribution in [2.24, 2.45) is 5.84 Å². The van der Waals surface area contributed by atoms with Crippen molar-refractivity contribution in [1.29, 1.82) is 0 Å². The maximum absolute atomic E-state index is 13.7. The zero-order valence-electron chi connectivity index (χ0n) is 10.2. The minimum Gasteiger partial charge on any atom is -0.361 e. The van der Waals surface area contributed by atoms with Crippen LogP contribution in [0.25, 0.3) is 0 Å². The van der Waals surface area contributed by atoms with Crippen LogP contribution in [-0.4, -0.2) is 9.97 Å². The Hall–Kier alpha value is -1.73. The zero-order valence-corrected chi connectivity index (χ0v) is 11.0. The molecule has 0 aliphatic heterocycles. The van der Waals surface area contributed by atoms with Crippen molar-refractivity contribution < 1.29 is 4.39 Å². The van der Waals surface area contributed by atoms with E-state index in [4.69, 9.17) is 5.84 Å². The Morgan fingerprint density at radius 2 is 2.37 bits per heavy atom. The van der Waals surface area contributed by atoms with E-state index in [1.54, 1.807) is 11.3 Å².